The first-order chi connectivity index (χ1) is 8.36. The van der Waals surface area contributed by atoms with E-state index in [0.717, 1.165) is 19.5 Å². The highest BCUT2D eigenvalue weighted by atomic mass is 127. The van der Waals surface area contributed by atoms with Gasteiger partial charge in [0.15, 0.2) is 0 Å². The highest BCUT2D eigenvalue weighted by molar-refractivity contribution is 14.1. The fraction of sp³-hybridized carbons (Fsp3) is 0.200. The Balaban J connectivity index is 0.00000162. The average Bonchev–Trinajstić information content (AvgIpc) is 2.38. The molecule has 0 aromatic heterocycles. The molecule has 2 aromatic rings. The first-order valence-electron chi connectivity index (χ1n) is 5.84. The van der Waals surface area contributed by atoms with E-state index in [1.807, 2.05) is 0 Å². The summed E-state index contributed by atoms with van der Waals surface area (Å²) in [7, 11) is 0. The fourth-order valence-corrected chi connectivity index (χ4v) is 2.32. The molecule has 0 bridgehead atoms. The molecule has 3 heteroatoms. The van der Waals surface area contributed by atoms with Gasteiger partial charge < -0.3 is 5.32 Å². The smallest absolute Gasteiger partial charge is 0.0216 e. The molecule has 96 valence electrons. The lowest BCUT2D eigenvalue weighted by molar-refractivity contribution is 0.685. The standard InChI is InChI=1S/C15H16IN.ClH/c16-15-9-5-4-8-14(15)12-17-11-10-13-6-2-1-3-7-13;/h1-9,17H,10-12H2;1H. The molecule has 0 aliphatic heterocycles. The van der Waals surface area contributed by atoms with E-state index in [0.29, 0.717) is 0 Å². The van der Waals surface area contributed by atoms with Crippen molar-refractivity contribution in [2.75, 3.05) is 6.54 Å². The van der Waals surface area contributed by atoms with Gasteiger partial charge in [-0.15, -0.1) is 12.4 Å². The van der Waals surface area contributed by atoms with Crippen molar-refractivity contribution in [1.82, 2.24) is 5.32 Å². The quantitative estimate of drug-likeness (QED) is 0.616. The van der Waals surface area contributed by atoms with E-state index in [1.165, 1.54) is 14.7 Å². The second-order valence-corrected chi connectivity index (χ2v) is 5.17. The van der Waals surface area contributed by atoms with Crippen LogP contribution in [0.4, 0.5) is 0 Å². The van der Waals surface area contributed by atoms with E-state index in [9.17, 15) is 0 Å². The third kappa shape index (κ3) is 4.96. The maximum absolute atomic E-state index is 3.49. The van der Waals surface area contributed by atoms with E-state index in [4.69, 9.17) is 0 Å². The van der Waals surface area contributed by atoms with Crippen molar-refractivity contribution in [3.8, 4) is 0 Å². The summed E-state index contributed by atoms with van der Waals surface area (Å²) in [6.45, 7) is 1.97. The number of halogens is 2. The van der Waals surface area contributed by atoms with E-state index in [1.54, 1.807) is 0 Å². The molecule has 0 spiro atoms. The lowest BCUT2D eigenvalue weighted by atomic mass is 10.1. The van der Waals surface area contributed by atoms with Crippen LogP contribution in [0.5, 0.6) is 0 Å². The predicted molar refractivity (Wildman–Crippen MR) is 88.3 cm³/mol. The van der Waals surface area contributed by atoms with Gasteiger partial charge in [0, 0.05) is 10.1 Å². The second kappa shape index (κ2) is 8.51. The van der Waals surface area contributed by atoms with Crippen molar-refractivity contribution < 1.29 is 0 Å². The molecule has 0 unspecified atom stereocenters. The molecular formula is C15H17ClIN. The summed E-state index contributed by atoms with van der Waals surface area (Å²) in [5.41, 5.74) is 2.77. The minimum absolute atomic E-state index is 0. The molecule has 0 heterocycles. The van der Waals surface area contributed by atoms with Crippen molar-refractivity contribution in [1.29, 1.82) is 0 Å². The van der Waals surface area contributed by atoms with Crippen molar-refractivity contribution in [3.05, 3.63) is 69.3 Å². The van der Waals surface area contributed by atoms with Crippen LogP contribution in [0.1, 0.15) is 11.1 Å². The number of hydrogen-bond donors (Lipinski definition) is 1. The van der Waals surface area contributed by atoms with Gasteiger partial charge in [0.1, 0.15) is 0 Å². The number of benzene rings is 2. The molecular weight excluding hydrogens is 357 g/mol. The zero-order chi connectivity index (χ0) is 11.9. The topological polar surface area (TPSA) is 12.0 Å². The Hall–Kier alpha value is -0.580. The molecule has 2 aromatic carbocycles. The van der Waals surface area contributed by atoms with Crippen LogP contribution in [-0.2, 0) is 13.0 Å². The molecule has 0 fully saturated rings. The molecule has 0 aliphatic carbocycles. The summed E-state index contributed by atoms with van der Waals surface area (Å²) < 4.78 is 1.33. The van der Waals surface area contributed by atoms with Gasteiger partial charge in [-0.05, 0) is 52.7 Å². The van der Waals surface area contributed by atoms with Gasteiger partial charge in [0.2, 0.25) is 0 Å². The number of rotatable bonds is 5. The maximum atomic E-state index is 3.49. The van der Waals surface area contributed by atoms with Gasteiger partial charge in [-0.1, -0.05) is 48.5 Å². The minimum Gasteiger partial charge on any atom is -0.312 e. The Bertz CT molecular complexity index is 459. The SMILES string of the molecule is Cl.Ic1ccccc1CNCCc1ccccc1. The highest BCUT2D eigenvalue weighted by Gasteiger charge is 1.97. The molecule has 1 N–H and O–H groups in total. The van der Waals surface area contributed by atoms with Gasteiger partial charge in [0.05, 0.1) is 0 Å². The van der Waals surface area contributed by atoms with E-state index >= 15 is 0 Å². The van der Waals surface area contributed by atoms with Gasteiger partial charge in [-0.25, -0.2) is 0 Å². The molecule has 0 atom stereocenters. The van der Waals surface area contributed by atoms with E-state index < -0.39 is 0 Å². The van der Waals surface area contributed by atoms with Crippen molar-refractivity contribution in [3.63, 3.8) is 0 Å². The summed E-state index contributed by atoms with van der Waals surface area (Å²) in [5, 5.41) is 3.49. The average molecular weight is 374 g/mol. The largest absolute Gasteiger partial charge is 0.312 e. The normalized spacial score (nSPS) is 9.83. The molecule has 0 aliphatic rings. The van der Waals surface area contributed by atoms with Crippen LogP contribution in [0.25, 0.3) is 0 Å². The van der Waals surface area contributed by atoms with Crippen molar-refractivity contribution >= 4 is 35.0 Å². The lowest BCUT2D eigenvalue weighted by Gasteiger charge is -2.06. The van der Waals surface area contributed by atoms with Crippen LogP contribution >= 0.6 is 35.0 Å². The summed E-state index contributed by atoms with van der Waals surface area (Å²) in [6.07, 6.45) is 1.09. The van der Waals surface area contributed by atoms with Crippen LogP contribution in [0, 0.1) is 3.57 Å². The maximum Gasteiger partial charge on any atom is 0.0216 e. The molecule has 18 heavy (non-hydrogen) atoms. The Labute approximate surface area is 129 Å². The summed E-state index contributed by atoms with van der Waals surface area (Å²) >= 11 is 2.38. The third-order valence-corrected chi connectivity index (χ3v) is 3.76. The molecule has 0 radical (unpaired) electrons. The fourth-order valence-electron chi connectivity index (χ4n) is 1.74. The highest BCUT2D eigenvalue weighted by Crippen LogP contribution is 2.10. The van der Waals surface area contributed by atoms with Gasteiger partial charge in [-0.3, -0.25) is 0 Å². The Morgan fingerprint density at radius 2 is 1.56 bits per heavy atom. The van der Waals surface area contributed by atoms with Gasteiger partial charge >= 0.3 is 0 Å². The van der Waals surface area contributed by atoms with Crippen molar-refractivity contribution in [2.24, 2.45) is 0 Å². The molecule has 0 saturated heterocycles. The minimum atomic E-state index is 0. The van der Waals surface area contributed by atoms with E-state index in [-0.39, 0.29) is 12.4 Å². The molecule has 1 nitrogen and oxygen atoms in total. The first kappa shape index (κ1) is 15.5. The summed E-state index contributed by atoms with van der Waals surface area (Å²) in [6, 6.07) is 19.1. The molecule has 0 amide bonds. The van der Waals surface area contributed by atoms with Crippen LogP contribution in [0.2, 0.25) is 0 Å². The van der Waals surface area contributed by atoms with Crippen LogP contribution in [0.3, 0.4) is 0 Å². The number of nitrogens with one attached hydrogen (secondary N) is 1. The van der Waals surface area contributed by atoms with Crippen molar-refractivity contribution in [2.45, 2.75) is 13.0 Å². The van der Waals surface area contributed by atoms with Crippen LogP contribution in [0.15, 0.2) is 54.6 Å². The van der Waals surface area contributed by atoms with Crippen LogP contribution < -0.4 is 5.32 Å². The lowest BCUT2D eigenvalue weighted by Crippen LogP contribution is -2.17. The summed E-state index contributed by atoms with van der Waals surface area (Å²) in [5.74, 6) is 0. The summed E-state index contributed by atoms with van der Waals surface area (Å²) in [4.78, 5) is 0. The van der Waals surface area contributed by atoms with Gasteiger partial charge in [0.25, 0.3) is 0 Å². The number of hydrogen-bond acceptors (Lipinski definition) is 1. The molecule has 2 rings (SSSR count). The third-order valence-electron chi connectivity index (χ3n) is 2.71. The van der Waals surface area contributed by atoms with E-state index in [2.05, 4.69) is 82.5 Å². The molecule has 0 saturated carbocycles. The predicted octanol–water partition coefficient (Wildman–Crippen LogP) is 4.05. The first-order valence-corrected chi connectivity index (χ1v) is 6.92. The van der Waals surface area contributed by atoms with Gasteiger partial charge in [-0.2, -0.15) is 0 Å². The monoisotopic (exact) mass is 373 g/mol. The van der Waals surface area contributed by atoms with Crippen LogP contribution in [-0.4, -0.2) is 6.54 Å². The Kier molecular flexibility index (Phi) is 7.32. The zero-order valence-electron chi connectivity index (χ0n) is 10.1. The Morgan fingerprint density at radius 3 is 2.28 bits per heavy atom. The Morgan fingerprint density at radius 1 is 0.889 bits per heavy atom. The zero-order valence-corrected chi connectivity index (χ0v) is 13.1. The second-order valence-electron chi connectivity index (χ2n) is 4.00.